The van der Waals surface area contributed by atoms with E-state index in [4.69, 9.17) is 5.73 Å². The van der Waals surface area contributed by atoms with E-state index >= 15 is 0 Å². The van der Waals surface area contributed by atoms with E-state index < -0.39 is 20.8 Å². The molecule has 9 heteroatoms. The highest BCUT2D eigenvalue weighted by atomic mass is 79.9. The van der Waals surface area contributed by atoms with E-state index in [2.05, 4.69) is 36.6 Å². The lowest BCUT2D eigenvalue weighted by atomic mass is 10.3. The number of benzene rings is 1. The highest BCUT2D eigenvalue weighted by Gasteiger charge is 2.21. The molecule has 2 unspecified atom stereocenters. The Labute approximate surface area is 138 Å². The summed E-state index contributed by atoms with van der Waals surface area (Å²) >= 11 is 6.44. The van der Waals surface area contributed by atoms with E-state index in [1.54, 1.807) is 12.3 Å². The molecule has 0 aliphatic carbocycles. The Balaban J connectivity index is 2.88. The zero-order chi connectivity index (χ0) is 15.5. The summed E-state index contributed by atoms with van der Waals surface area (Å²) in [6.45, 7) is 2.03. The van der Waals surface area contributed by atoms with Crippen molar-refractivity contribution in [3.05, 3.63) is 21.1 Å². The highest BCUT2D eigenvalue weighted by Crippen LogP contribution is 2.31. The zero-order valence-electron chi connectivity index (χ0n) is 11.0. The molecule has 0 saturated carbocycles. The summed E-state index contributed by atoms with van der Waals surface area (Å²) < 4.78 is 39.2. The summed E-state index contributed by atoms with van der Waals surface area (Å²) in [5.74, 6) is 0. The smallest absolute Gasteiger partial charge is 0.243 e. The Morgan fingerprint density at radius 3 is 2.50 bits per heavy atom. The highest BCUT2D eigenvalue weighted by molar-refractivity contribution is 9.11. The summed E-state index contributed by atoms with van der Waals surface area (Å²) in [6.07, 6.45) is 2.10. The van der Waals surface area contributed by atoms with Crippen LogP contribution < -0.4 is 10.5 Å². The number of nitrogens with two attached hydrogens (primary N) is 1. The van der Waals surface area contributed by atoms with Crippen LogP contribution in [0.1, 0.15) is 13.3 Å². The van der Waals surface area contributed by atoms with Crippen LogP contribution in [0.15, 0.2) is 26.0 Å². The molecule has 1 aromatic carbocycles. The first-order chi connectivity index (χ1) is 9.15. The van der Waals surface area contributed by atoms with Gasteiger partial charge in [-0.3, -0.25) is 4.21 Å². The molecule has 3 N–H and O–H groups in total. The van der Waals surface area contributed by atoms with Crippen LogP contribution in [-0.4, -0.2) is 30.7 Å². The SMILES string of the molecule is CC(CCNS(=O)(=O)c1c(N)cc(Br)cc1Br)S(C)=O. The number of nitrogens with one attached hydrogen (secondary N) is 1. The van der Waals surface area contributed by atoms with Gasteiger partial charge in [0.1, 0.15) is 4.90 Å². The van der Waals surface area contributed by atoms with E-state index in [0.717, 1.165) is 0 Å². The largest absolute Gasteiger partial charge is 0.398 e. The van der Waals surface area contributed by atoms with Crippen molar-refractivity contribution in [3.63, 3.8) is 0 Å². The van der Waals surface area contributed by atoms with Crippen LogP contribution in [0.5, 0.6) is 0 Å². The third-order valence-corrected chi connectivity index (χ3v) is 7.01. The molecule has 5 nitrogen and oxygen atoms in total. The quantitative estimate of drug-likeness (QED) is 0.654. The monoisotopic (exact) mass is 446 g/mol. The molecule has 0 aliphatic rings. The molecule has 0 saturated heterocycles. The molecule has 0 spiro atoms. The molecule has 0 amide bonds. The third-order valence-electron chi connectivity index (χ3n) is 2.72. The van der Waals surface area contributed by atoms with Crippen LogP contribution in [0.25, 0.3) is 0 Å². The first-order valence-electron chi connectivity index (χ1n) is 5.71. The fourth-order valence-corrected chi connectivity index (χ4v) is 5.06. The lowest BCUT2D eigenvalue weighted by molar-refractivity contribution is 0.578. The fourth-order valence-electron chi connectivity index (χ4n) is 1.50. The molecule has 0 radical (unpaired) electrons. The molecule has 0 heterocycles. The third kappa shape index (κ3) is 4.80. The van der Waals surface area contributed by atoms with E-state index in [9.17, 15) is 12.6 Å². The van der Waals surface area contributed by atoms with Crippen molar-refractivity contribution >= 4 is 58.4 Å². The maximum absolute atomic E-state index is 12.2. The molecule has 114 valence electrons. The number of hydrogen-bond donors (Lipinski definition) is 2. The van der Waals surface area contributed by atoms with Gasteiger partial charge in [0.25, 0.3) is 0 Å². The lowest BCUT2D eigenvalue weighted by Crippen LogP contribution is -2.28. The topological polar surface area (TPSA) is 89.3 Å². The van der Waals surface area contributed by atoms with Crippen molar-refractivity contribution in [2.45, 2.75) is 23.5 Å². The Morgan fingerprint density at radius 1 is 1.40 bits per heavy atom. The molecule has 2 atom stereocenters. The summed E-state index contributed by atoms with van der Waals surface area (Å²) in [6, 6.07) is 3.15. The Kier molecular flexibility index (Phi) is 6.65. The van der Waals surface area contributed by atoms with Gasteiger partial charge in [-0.15, -0.1) is 0 Å². The average Bonchev–Trinajstić information content (AvgIpc) is 2.26. The summed E-state index contributed by atoms with van der Waals surface area (Å²) in [7, 11) is -4.67. The molecule has 0 aromatic heterocycles. The van der Waals surface area contributed by atoms with E-state index in [-0.39, 0.29) is 22.4 Å². The van der Waals surface area contributed by atoms with Crippen LogP contribution in [0.3, 0.4) is 0 Å². The molecule has 20 heavy (non-hydrogen) atoms. The standard InChI is InChI=1S/C11H16Br2N2O3S2/c1-7(19(2)16)3-4-15-20(17,18)11-9(13)5-8(12)6-10(11)14/h5-7,15H,3-4,14H2,1-2H3. The number of sulfonamides is 1. The molecule has 1 aromatic rings. The molecular weight excluding hydrogens is 432 g/mol. The Hall–Kier alpha value is 0.0400. The molecule has 0 bridgehead atoms. The van der Waals surface area contributed by atoms with Crippen molar-refractivity contribution in [1.82, 2.24) is 4.72 Å². The Bertz CT molecular complexity index is 597. The van der Waals surface area contributed by atoms with Gasteiger partial charge < -0.3 is 5.73 Å². The molecule has 0 fully saturated rings. The number of nitrogen functional groups attached to an aromatic ring is 1. The van der Waals surface area contributed by atoms with Crippen LogP contribution in [0.4, 0.5) is 5.69 Å². The van der Waals surface area contributed by atoms with Crippen molar-refractivity contribution in [2.24, 2.45) is 0 Å². The molecular formula is C11H16Br2N2O3S2. The van der Waals surface area contributed by atoms with Crippen molar-refractivity contribution in [1.29, 1.82) is 0 Å². The van der Waals surface area contributed by atoms with Gasteiger partial charge in [0, 0.05) is 37.8 Å². The summed E-state index contributed by atoms with van der Waals surface area (Å²) in [5.41, 5.74) is 5.92. The number of anilines is 1. The summed E-state index contributed by atoms with van der Waals surface area (Å²) in [5, 5.41) is -0.0663. The first-order valence-corrected chi connectivity index (χ1v) is 10.4. The minimum atomic E-state index is -3.70. The van der Waals surface area contributed by atoms with Gasteiger partial charge >= 0.3 is 0 Å². The van der Waals surface area contributed by atoms with E-state index in [1.807, 2.05) is 6.92 Å². The second-order valence-electron chi connectivity index (χ2n) is 4.30. The van der Waals surface area contributed by atoms with Gasteiger partial charge in [-0.05, 0) is 34.5 Å². The summed E-state index contributed by atoms with van der Waals surface area (Å²) in [4.78, 5) is 0.0194. The van der Waals surface area contributed by atoms with Crippen LogP contribution in [0, 0.1) is 0 Å². The number of halogens is 2. The molecule has 1 rings (SSSR count). The second kappa shape index (κ2) is 7.35. The van der Waals surface area contributed by atoms with Crippen LogP contribution >= 0.6 is 31.9 Å². The normalized spacial score (nSPS) is 15.0. The maximum atomic E-state index is 12.2. The van der Waals surface area contributed by atoms with Crippen molar-refractivity contribution in [2.75, 3.05) is 18.5 Å². The zero-order valence-corrected chi connectivity index (χ0v) is 15.8. The first kappa shape index (κ1) is 18.1. The van der Waals surface area contributed by atoms with Gasteiger partial charge in [0.05, 0.1) is 5.69 Å². The predicted octanol–water partition coefficient (Wildman–Crippen LogP) is 2.23. The van der Waals surface area contributed by atoms with Crippen LogP contribution in [-0.2, 0) is 20.8 Å². The van der Waals surface area contributed by atoms with Gasteiger partial charge in [0.2, 0.25) is 10.0 Å². The van der Waals surface area contributed by atoms with Crippen LogP contribution in [0.2, 0.25) is 0 Å². The van der Waals surface area contributed by atoms with Gasteiger partial charge in [-0.1, -0.05) is 22.9 Å². The Morgan fingerprint density at radius 2 is 2.00 bits per heavy atom. The van der Waals surface area contributed by atoms with Crippen molar-refractivity contribution in [3.8, 4) is 0 Å². The lowest BCUT2D eigenvalue weighted by Gasteiger charge is -2.13. The van der Waals surface area contributed by atoms with Gasteiger partial charge in [0.15, 0.2) is 0 Å². The van der Waals surface area contributed by atoms with E-state index in [1.165, 1.54) is 6.07 Å². The minimum absolute atomic E-state index is 0.0194. The van der Waals surface area contributed by atoms with Gasteiger partial charge in [-0.25, -0.2) is 13.1 Å². The fraction of sp³-hybridized carbons (Fsp3) is 0.455. The minimum Gasteiger partial charge on any atom is -0.398 e. The molecule has 0 aliphatic heterocycles. The van der Waals surface area contributed by atoms with E-state index in [0.29, 0.717) is 15.4 Å². The number of rotatable bonds is 6. The van der Waals surface area contributed by atoms with Crippen molar-refractivity contribution < 1.29 is 12.6 Å². The second-order valence-corrected chi connectivity index (χ2v) is 9.58. The predicted molar refractivity (Wildman–Crippen MR) is 89.6 cm³/mol. The maximum Gasteiger partial charge on any atom is 0.243 e. The number of hydrogen-bond acceptors (Lipinski definition) is 4. The average molecular weight is 448 g/mol. The van der Waals surface area contributed by atoms with Gasteiger partial charge in [-0.2, -0.15) is 0 Å².